The monoisotopic (exact) mass is 491 g/mol. The van der Waals surface area contributed by atoms with E-state index in [9.17, 15) is 22.7 Å². The minimum atomic E-state index is -4.77. The van der Waals surface area contributed by atoms with Gasteiger partial charge in [0.1, 0.15) is 11.9 Å². The fraction of sp³-hybridized carbons (Fsp3) is 0.607. The molecule has 3 aliphatic rings. The van der Waals surface area contributed by atoms with Gasteiger partial charge >= 0.3 is 6.18 Å². The average molecular weight is 492 g/mol. The van der Waals surface area contributed by atoms with E-state index >= 15 is 0 Å². The number of hydrogen-bond donors (Lipinski definition) is 1. The molecule has 1 aromatic heterocycles. The van der Waals surface area contributed by atoms with Gasteiger partial charge in [0.05, 0.1) is 17.3 Å². The van der Waals surface area contributed by atoms with Gasteiger partial charge in [0.2, 0.25) is 0 Å². The van der Waals surface area contributed by atoms with Crippen LogP contribution in [-0.2, 0) is 22.9 Å². The number of rotatable bonds is 2. The fourth-order valence-electron chi connectivity index (χ4n) is 6.67. The van der Waals surface area contributed by atoms with Crippen molar-refractivity contribution < 1.29 is 27.4 Å². The number of hydrogen-bond acceptors (Lipinski definition) is 3. The molecule has 4 atom stereocenters. The smallest absolute Gasteiger partial charge is 0.388 e. The number of fused-ring (bicyclic) bond motifs is 4. The third-order valence-electron chi connectivity index (χ3n) is 8.25. The van der Waals surface area contributed by atoms with Crippen molar-refractivity contribution in [2.75, 3.05) is 0 Å². The van der Waals surface area contributed by atoms with Gasteiger partial charge in [0, 0.05) is 22.5 Å². The number of halogens is 4. The van der Waals surface area contributed by atoms with Crippen molar-refractivity contribution in [1.29, 1.82) is 0 Å². The SMILES string of the molecule is CC(C)c1nc2c(c3c1C(c1ccc(C(F)(F)F)c(F)c1)OC31CCCC1C)C(O)CC(C)(C)C2. The highest BCUT2D eigenvalue weighted by atomic mass is 19.4. The van der Waals surface area contributed by atoms with Crippen molar-refractivity contribution in [3.05, 3.63) is 63.2 Å². The molecule has 2 heterocycles. The molecule has 1 fully saturated rings. The van der Waals surface area contributed by atoms with E-state index in [-0.39, 0.29) is 17.3 Å². The van der Waals surface area contributed by atoms with Crippen LogP contribution in [0.1, 0.15) is 118 Å². The molecule has 5 rings (SSSR count). The van der Waals surface area contributed by atoms with Crippen molar-refractivity contribution in [2.45, 2.75) is 96.6 Å². The molecule has 0 bridgehead atoms. The minimum Gasteiger partial charge on any atom is -0.388 e. The Morgan fingerprint density at radius 1 is 1.17 bits per heavy atom. The number of alkyl halides is 3. The first kappa shape index (κ1) is 24.7. The summed E-state index contributed by atoms with van der Waals surface area (Å²) in [7, 11) is 0. The van der Waals surface area contributed by atoms with Crippen LogP contribution in [0.15, 0.2) is 18.2 Å². The van der Waals surface area contributed by atoms with Gasteiger partial charge in [-0.2, -0.15) is 13.2 Å². The topological polar surface area (TPSA) is 42.4 Å². The maximum atomic E-state index is 14.7. The van der Waals surface area contributed by atoms with E-state index in [0.717, 1.165) is 65.9 Å². The van der Waals surface area contributed by atoms with Crippen LogP contribution >= 0.6 is 0 Å². The Hall–Kier alpha value is -1.99. The van der Waals surface area contributed by atoms with E-state index in [4.69, 9.17) is 9.72 Å². The van der Waals surface area contributed by atoms with Crippen molar-refractivity contribution in [2.24, 2.45) is 11.3 Å². The van der Waals surface area contributed by atoms with Gasteiger partial charge in [-0.25, -0.2) is 4.39 Å². The van der Waals surface area contributed by atoms with Gasteiger partial charge in [-0.05, 0) is 72.6 Å². The molecule has 7 heteroatoms. The summed E-state index contributed by atoms with van der Waals surface area (Å²) in [4.78, 5) is 5.05. The molecule has 2 aromatic rings. The Kier molecular flexibility index (Phi) is 5.65. The van der Waals surface area contributed by atoms with Crippen molar-refractivity contribution in [3.8, 4) is 0 Å². The molecular weight excluding hydrogens is 458 g/mol. The van der Waals surface area contributed by atoms with Crippen LogP contribution in [0.4, 0.5) is 17.6 Å². The summed E-state index contributed by atoms with van der Waals surface area (Å²) in [5, 5.41) is 11.4. The van der Waals surface area contributed by atoms with E-state index in [1.807, 2.05) is 13.8 Å². The first-order valence-electron chi connectivity index (χ1n) is 12.5. The van der Waals surface area contributed by atoms with Crippen LogP contribution in [0.25, 0.3) is 0 Å². The zero-order valence-electron chi connectivity index (χ0n) is 20.9. The second kappa shape index (κ2) is 8.01. The number of nitrogens with zero attached hydrogens (tertiary/aromatic N) is 1. The van der Waals surface area contributed by atoms with Gasteiger partial charge in [-0.15, -0.1) is 0 Å². The van der Waals surface area contributed by atoms with Crippen LogP contribution < -0.4 is 0 Å². The number of benzene rings is 1. The van der Waals surface area contributed by atoms with E-state index in [2.05, 4.69) is 20.8 Å². The Labute approximate surface area is 203 Å². The molecule has 35 heavy (non-hydrogen) atoms. The maximum Gasteiger partial charge on any atom is 0.419 e. The zero-order valence-corrected chi connectivity index (χ0v) is 20.9. The summed E-state index contributed by atoms with van der Waals surface area (Å²) in [6.07, 6.45) is -2.22. The number of aromatic nitrogens is 1. The zero-order chi connectivity index (χ0) is 25.5. The molecule has 2 aliphatic carbocycles. The molecule has 0 amide bonds. The van der Waals surface area contributed by atoms with Gasteiger partial charge < -0.3 is 9.84 Å². The normalized spacial score (nSPS) is 29.6. The Bertz CT molecular complexity index is 1170. The summed E-state index contributed by atoms with van der Waals surface area (Å²) < 4.78 is 61.2. The lowest BCUT2D eigenvalue weighted by molar-refractivity contribution is -0.140. The molecule has 0 radical (unpaired) electrons. The van der Waals surface area contributed by atoms with Crippen LogP contribution in [0.3, 0.4) is 0 Å². The third-order valence-corrected chi connectivity index (χ3v) is 8.25. The van der Waals surface area contributed by atoms with E-state index in [1.165, 1.54) is 6.07 Å². The molecule has 4 unspecified atom stereocenters. The van der Waals surface area contributed by atoms with Crippen LogP contribution in [0, 0.1) is 17.2 Å². The predicted molar refractivity (Wildman–Crippen MR) is 124 cm³/mol. The Morgan fingerprint density at radius 2 is 1.89 bits per heavy atom. The lowest BCUT2D eigenvalue weighted by Gasteiger charge is -2.39. The number of aliphatic hydroxyl groups excluding tert-OH is 1. The largest absolute Gasteiger partial charge is 0.419 e. The fourth-order valence-corrected chi connectivity index (χ4v) is 6.67. The van der Waals surface area contributed by atoms with Crippen LogP contribution in [0.5, 0.6) is 0 Å². The molecule has 3 nitrogen and oxygen atoms in total. The van der Waals surface area contributed by atoms with Crippen molar-refractivity contribution in [3.63, 3.8) is 0 Å². The first-order chi connectivity index (χ1) is 16.2. The highest BCUT2D eigenvalue weighted by Gasteiger charge is 2.55. The molecule has 1 N–H and O–H groups in total. The predicted octanol–water partition coefficient (Wildman–Crippen LogP) is 7.50. The van der Waals surface area contributed by atoms with Crippen LogP contribution in [-0.4, -0.2) is 10.1 Å². The minimum absolute atomic E-state index is 0.0217. The first-order valence-corrected chi connectivity index (χ1v) is 12.5. The number of aliphatic hydroxyl groups is 1. The highest BCUT2D eigenvalue weighted by Crippen LogP contribution is 2.61. The maximum absolute atomic E-state index is 14.7. The van der Waals surface area contributed by atoms with Gasteiger partial charge in [0.15, 0.2) is 0 Å². The standard InChI is InChI=1S/C28H33F4NO2/c1-14(2)24-22-23(21-19(33-24)12-26(4,5)13-20(21)34)27(10-6-7-15(27)3)35-25(22)16-8-9-17(18(29)11-16)28(30,31)32/h8-9,11,14-15,20,25,34H,6-7,10,12-13H2,1-5H3. The molecule has 0 saturated heterocycles. The number of pyridine rings is 1. The highest BCUT2D eigenvalue weighted by molar-refractivity contribution is 5.55. The molecule has 1 aromatic carbocycles. The lowest BCUT2D eigenvalue weighted by Crippen LogP contribution is -2.34. The molecule has 1 aliphatic heterocycles. The molecule has 1 saturated carbocycles. The molecule has 1 spiro atoms. The third kappa shape index (κ3) is 3.81. The summed E-state index contributed by atoms with van der Waals surface area (Å²) in [6, 6.07) is 3.08. The summed E-state index contributed by atoms with van der Waals surface area (Å²) in [5.74, 6) is -1.13. The lowest BCUT2D eigenvalue weighted by atomic mass is 9.69. The molecular formula is C28H33F4NO2. The van der Waals surface area contributed by atoms with Gasteiger partial charge in [0.25, 0.3) is 0 Å². The average Bonchev–Trinajstić information content (AvgIpc) is 3.26. The summed E-state index contributed by atoms with van der Waals surface area (Å²) in [6.45, 7) is 10.5. The second-order valence-corrected chi connectivity index (χ2v) is 11.8. The van der Waals surface area contributed by atoms with Crippen molar-refractivity contribution in [1.82, 2.24) is 4.98 Å². The van der Waals surface area contributed by atoms with E-state index in [1.54, 1.807) is 0 Å². The molecule has 190 valence electrons. The quantitative estimate of drug-likeness (QED) is 0.442. The van der Waals surface area contributed by atoms with E-state index < -0.39 is 35.4 Å². The van der Waals surface area contributed by atoms with Crippen molar-refractivity contribution >= 4 is 0 Å². The summed E-state index contributed by atoms with van der Waals surface area (Å²) in [5.41, 5.74) is 2.60. The Balaban J connectivity index is 1.78. The number of ether oxygens (including phenoxy) is 1. The Morgan fingerprint density at radius 3 is 2.46 bits per heavy atom. The van der Waals surface area contributed by atoms with Gasteiger partial charge in [-0.3, -0.25) is 4.98 Å². The second-order valence-electron chi connectivity index (χ2n) is 11.8. The summed E-state index contributed by atoms with van der Waals surface area (Å²) >= 11 is 0. The van der Waals surface area contributed by atoms with Crippen LogP contribution in [0.2, 0.25) is 0 Å². The van der Waals surface area contributed by atoms with E-state index in [0.29, 0.717) is 12.0 Å². The van der Waals surface area contributed by atoms with Gasteiger partial charge in [-0.1, -0.05) is 40.7 Å².